The second-order valence-corrected chi connectivity index (χ2v) is 10.8. The van der Waals surface area contributed by atoms with Gasteiger partial charge in [-0.1, -0.05) is 55.0 Å². The van der Waals surface area contributed by atoms with Crippen LogP contribution in [-0.4, -0.2) is 53.2 Å². The monoisotopic (exact) mass is 474 g/mol. The van der Waals surface area contributed by atoms with E-state index in [1.165, 1.54) is 0 Å². The number of carbonyl (C=O) groups is 3. The number of nitrogens with one attached hydrogen (secondary N) is 1. The third kappa shape index (κ3) is 3.60. The minimum absolute atomic E-state index is 0.0472. The molecule has 0 bridgehead atoms. The molecule has 0 aromatic heterocycles. The maximum Gasteiger partial charge on any atom is 0.408 e. The number of hydrogen-bond acceptors (Lipinski definition) is 4. The van der Waals surface area contributed by atoms with Gasteiger partial charge in [-0.3, -0.25) is 9.59 Å². The molecule has 1 atom stereocenters. The van der Waals surface area contributed by atoms with Crippen molar-refractivity contribution in [2.75, 3.05) is 19.7 Å². The molecule has 3 aliphatic carbocycles. The Morgan fingerprint density at radius 3 is 2.17 bits per heavy atom. The van der Waals surface area contributed by atoms with E-state index in [9.17, 15) is 19.5 Å². The topological polar surface area (TPSA) is 95.9 Å². The minimum Gasteiger partial charge on any atom is -0.481 e. The van der Waals surface area contributed by atoms with Crippen LogP contribution in [0.25, 0.3) is 11.1 Å². The minimum atomic E-state index is -0.990. The number of likely N-dealkylation sites (tertiary alicyclic amines) is 1. The molecule has 2 aromatic rings. The van der Waals surface area contributed by atoms with Crippen LogP contribution in [0, 0.1) is 11.3 Å². The van der Waals surface area contributed by atoms with Crippen molar-refractivity contribution in [2.24, 2.45) is 11.3 Å². The van der Waals surface area contributed by atoms with E-state index >= 15 is 0 Å². The van der Waals surface area contributed by atoms with Crippen molar-refractivity contribution >= 4 is 18.0 Å². The Morgan fingerprint density at radius 2 is 1.63 bits per heavy atom. The largest absolute Gasteiger partial charge is 0.481 e. The number of amides is 2. The molecule has 1 aliphatic heterocycles. The molecule has 0 radical (unpaired) electrons. The van der Waals surface area contributed by atoms with Gasteiger partial charge < -0.3 is 20.1 Å². The van der Waals surface area contributed by atoms with Crippen LogP contribution in [0.3, 0.4) is 0 Å². The van der Waals surface area contributed by atoms with E-state index in [1.807, 2.05) is 24.3 Å². The van der Waals surface area contributed by atoms with Crippen molar-refractivity contribution < 1.29 is 24.2 Å². The molecule has 7 heteroatoms. The number of carboxylic acids is 1. The van der Waals surface area contributed by atoms with Crippen LogP contribution in [0.4, 0.5) is 4.79 Å². The number of carboxylic acid groups (broad SMARTS) is 1. The highest BCUT2D eigenvalue weighted by Gasteiger charge is 2.63. The number of nitrogens with zero attached hydrogens (tertiary/aromatic N) is 1. The lowest BCUT2D eigenvalue weighted by atomic mass is 9.48. The highest BCUT2D eigenvalue weighted by molar-refractivity contribution is 5.92. The lowest BCUT2D eigenvalue weighted by molar-refractivity contribution is -0.154. The van der Waals surface area contributed by atoms with Gasteiger partial charge in [0.2, 0.25) is 5.91 Å². The van der Waals surface area contributed by atoms with E-state index in [0.717, 1.165) is 41.5 Å². The molecule has 2 aromatic carbocycles. The maximum absolute atomic E-state index is 13.5. The number of benzene rings is 2. The molecule has 1 heterocycles. The van der Waals surface area contributed by atoms with Gasteiger partial charge in [0.25, 0.3) is 0 Å². The zero-order valence-corrected chi connectivity index (χ0v) is 19.7. The normalized spacial score (nSPS) is 23.1. The summed E-state index contributed by atoms with van der Waals surface area (Å²) >= 11 is 0. The van der Waals surface area contributed by atoms with Crippen molar-refractivity contribution in [2.45, 2.75) is 50.0 Å². The SMILES string of the molecule is O=C(NC1(C(=O)N2CCC(C(=O)O)C2)CC2(CCC2)C1)OCC1c2ccccc2-c2ccccc21. The zero-order valence-electron chi connectivity index (χ0n) is 19.7. The Labute approximate surface area is 204 Å². The molecule has 2 saturated carbocycles. The molecular weight excluding hydrogens is 444 g/mol. The van der Waals surface area contributed by atoms with E-state index in [0.29, 0.717) is 25.8 Å². The smallest absolute Gasteiger partial charge is 0.408 e. The molecule has 6 rings (SSSR count). The molecule has 4 aliphatic rings. The third-order valence-electron chi connectivity index (χ3n) is 8.69. The number of rotatable bonds is 5. The summed E-state index contributed by atoms with van der Waals surface area (Å²) in [6, 6.07) is 16.4. The summed E-state index contributed by atoms with van der Waals surface area (Å²) in [6.45, 7) is 0.812. The molecule has 1 saturated heterocycles. The average molecular weight is 475 g/mol. The Kier molecular flexibility index (Phi) is 5.13. The predicted molar refractivity (Wildman–Crippen MR) is 129 cm³/mol. The van der Waals surface area contributed by atoms with Crippen molar-refractivity contribution in [1.29, 1.82) is 0 Å². The van der Waals surface area contributed by atoms with Gasteiger partial charge in [0.1, 0.15) is 12.1 Å². The van der Waals surface area contributed by atoms with Crippen molar-refractivity contribution in [1.82, 2.24) is 10.2 Å². The van der Waals surface area contributed by atoms with Gasteiger partial charge in [-0.2, -0.15) is 0 Å². The zero-order chi connectivity index (χ0) is 24.2. The first-order chi connectivity index (χ1) is 16.9. The molecule has 3 fully saturated rings. The van der Waals surface area contributed by atoms with Gasteiger partial charge >= 0.3 is 12.1 Å². The van der Waals surface area contributed by atoms with Crippen LogP contribution in [0.1, 0.15) is 55.6 Å². The molecule has 2 amide bonds. The van der Waals surface area contributed by atoms with Gasteiger partial charge in [-0.25, -0.2) is 4.79 Å². The molecule has 1 spiro atoms. The first kappa shape index (κ1) is 22.1. The summed E-state index contributed by atoms with van der Waals surface area (Å²) in [5.74, 6) is -1.62. The van der Waals surface area contributed by atoms with Crippen molar-refractivity contribution in [3.8, 4) is 11.1 Å². The van der Waals surface area contributed by atoms with Gasteiger partial charge in [0.15, 0.2) is 0 Å². The average Bonchev–Trinajstić information content (AvgIpc) is 3.42. The summed E-state index contributed by atoms with van der Waals surface area (Å²) in [6.07, 6.45) is 4.39. The first-order valence-electron chi connectivity index (χ1n) is 12.6. The van der Waals surface area contributed by atoms with Crippen LogP contribution in [0.2, 0.25) is 0 Å². The maximum atomic E-state index is 13.5. The number of ether oxygens (including phenoxy) is 1. The second kappa shape index (κ2) is 8.11. The number of fused-ring (bicyclic) bond motifs is 3. The molecule has 2 N–H and O–H groups in total. The number of aliphatic carboxylic acids is 1. The molecule has 35 heavy (non-hydrogen) atoms. The fourth-order valence-corrected chi connectivity index (χ4v) is 6.83. The standard InChI is InChI=1S/C28H30N2O5/c31-24(32)18-10-13-30(14-18)25(33)28(16-27(17-28)11-5-12-27)29-26(34)35-15-23-21-8-3-1-6-19(21)20-7-2-4-9-22(20)23/h1-4,6-9,18,23H,5,10-17H2,(H,29,34)(H,31,32). The van der Waals surface area contributed by atoms with Crippen LogP contribution in [0.15, 0.2) is 48.5 Å². The number of carbonyl (C=O) groups excluding carboxylic acids is 2. The quantitative estimate of drug-likeness (QED) is 0.678. The molecule has 1 unspecified atom stereocenters. The van der Waals surface area contributed by atoms with E-state index < -0.39 is 23.5 Å². The fourth-order valence-electron chi connectivity index (χ4n) is 6.83. The lowest BCUT2D eigenvalue weighted by Crippen LogP contribution is -2.70. The highest BCUT2D eigenvalue weighted by Crippen LogP contribution is 2.61. The lowest BCUT2D eigenvalue weighted by Gasteiger charge is -2.60. The summed E-state index contributed by atoms with van der Waals surface area (Å²) in [5, 5.41) is 12.3. The van der Waals surface area contributed by atoms with Gasteiger partial charge in [-0.15, -0.1) is 0 Å². The number of hydrogen-bond donors (Lipinski definition) is 2. The first-order valence-corrected chi connectivity index (χ1v) is 12.6. The van der Waals surface area contributed by atoms with Crippen molar-refractivity contribution in [3.05, 3.63) is 59.7 Å². The predicted octanol–water partition coefficient (Wildman–Crippen LogP) is 4.16. The molecule has 182 valence electrons. The second-order valence-electron chi connectivity index (χ2n) is 10.8. The van der Waals surface area contributed by atoms with Crippen LogP contribution in [0.5, 0.6) is 0 Å². The summed E-state index contributed by atoms with van der Waals surface area (Å²) in [7, 11) is 0. The summed E-state index contributed by atoms with van der Waals surface area (Å²) in [4.78, 5) is 39.6. The third-order valence-corrected chi connectivity index (χ3v) is 8.69. The van der Waals surface area contributed by atoms with Crippen molar-refractivity contribution in [3.63, 3.8) is 0 Å². The van der Waals surface area contributed by atoms with Crippen LogP contribution >= 0.6 is 0 Å². The van der Waals surface area contributed by atoms with E-state index in [4.69, 9.17) is 4.74 Å². The van der Waals surface area contributed by atoms with Gasteiger partial charge in [0, 0.05) is 19.0 Å². The van der Waals surface area contributed by atoms with E-state index in [-0.39, 0.29) is 30.4 Å². The van der Waals surface area contributed by atoms with Gasteiger partial charge in [-0.05, 0) is 59.8 Å². The Bertz CT molecular complexity index is 1150. The fraction of sp³-hybridized carbons (Fsp3) is 0.464. The Morgan fingerprint density at radius 1 is 1.00 bits per heavy atom. The van der Waals surface area contributed by atoms with E-state index in [1.54, 1.807) is 4.90 Å². The summed E-state index contributed by atoms with van der Waals surface area (Å²) < 4.78 is 5.75. The van der Waals surface area contributed by atoms with Crippen LogP contribution < -0.4 is 5.32 Å². The molecular formula is C28H30N2O5. The summed E-state index contributed by atoms with van der Waals surface area (Å²) in [5.41, 5.74) is 3.75. The van der Waals surface area contributed by atoms with E-state index in [2.05, 4.69) is 29.6 Å². The van der Waals surface area contributed by atoms with Crippen LogP contribution in [-0.2, 0) is 14.3 Å². The Hall–Kier alpha value is -3.35. The molecule has 7 nitrogen and oxygen atoms in total. The highest BCUT2D eigenvalue weighted by atomic mass is 16.5. The van der Waals surface area contributed by atoms with Gasteiger partial charge in [0.05, 0.1) is 5.92 Å². The number of alkyl carbamates (subject to hydrolysis) is 1. The Balaban J connectivity index is 1.16.